The van der Waals surface area contributed by atoms with Crippen molar-refractivity contribution >= 4 is 26.0 Å². The first-order chi connectivity index (χ1) is 1.91. The van der Waals surface area contributed by atoms with Gasteiger partial charge in [0.05, 0.1) is 0 Å². The topological polar surface area (TPSA) is 12.4 Å². The van der Waals surface area contributed by atoms with Crippen molar-refractivity contribution in [2.24, 2.45) is 4.81 Å². The summed E-state index contributed by atoms with van der Waals surface area (Å²) in [5, 5.41) is 0. The molecule has 0 aromatic rings. The molecule has 0 unspecified atom stereocenters. The zero-order valence-corrected chi connectivity index (χ0v) is 2.83. The average Bonchev–Trinajstić information content (AvgIpc) is 1.37. The van der Waals surface area contributed by atoms with Crippen LogP contribution in [-0.4, -0.2) is 13.9 Å². The normalized spacial score (nSPS) is 3.75. The van der Waals surface area contributed by atoms with Crippen LogP contribution in [0, 0.1) is 0 Å². The molecule has 0 atom stereocenters. The van der Waals surface area contributed by atoms with Gasteiger partial charge in [0, 0.05) is 0 Å². The number of hydrogen-bond acceptors (Lipinski definition) is 1. The predicted molar refractivity (Wildman–Crippen MR) is 21.5 cm³/mol. The summed E-state index contributed by atoms with van der Waals surface area (Å²) in [5.74, 6) is 0. The van der Waals surface area contributed by atoms with Crippen molar-refractivity contribution in [3.05, 3.63) is 0 Å². The molecule has 0 aromatic heterocycles. The van der Waals surface area contributed by atoms with Crippen LogP contribution in [0.1, 0.15) is 0 Å². The van der Waals surface area contributed by atoms with E-state index in [0.29, 0.717) is 0 Å². The summed E-state index contributed by atoms with van der Waals surface area (Å²) >= 11 is 4.14. The van der Waals surface area contributed by atoms with Gasteiger partial charge < -0.3 is 0 Å². The fourth-order valence-corrected chi connectivity index (χ4v) is 0. The Morgan fingerprint density at radius 1 is 2.00 bits per heavy atom. The average molecular weight is 67.7 g/mol. The summed E-state index contributed by atoms with van der Waals surface area (Å²) in [5.41, 5.74) is 0. The molecule has 0 aliphatic rings. The van der Waals surface area contributed by atoms with E-state index >= 15 is 0 Å². The van der Waals surface area contributed by atoms with Gasteiger partial charge in [-0.25, -0.2) is 0 Å². The van der Waals surface area contributed by atoms with Crippen molar-refractivity contribution in [1.29, 1.82) is 0 Å². The van der Waals surface area contributed by atoms with Crippen LogP contribution in [0.15, 0.2) is 4.81 Å². The first kappa shape index (κ1) is 4.15. The van der Waals surface area contributed by atoms with E-state index < -0.39 is 0 Å². The molecule has 0 heterocycles. The van der Waals surface area contributed by atoms with Crippen LogP contribution in [-0.2, 0) is 0 Å². The van der Waals surface area contributed by atoms with E-state index in [-0.39, 0.29) is 0 Å². The van der Waals surface area contributed by atoms with Gasteiger partial charge in [-0.05, 0) is 0 Å². The minimum absolute atomic E-state index is 1.11. The fourth-order valence-electron chi connectivity index (χ4n) is 0. The van der Waals surface area contributed by atoms with E-state index in [1.807, 2.05) is 0 Å². The Hall–Kier alpha value is 0.150. The molecule has 0 bridgehead atoms. The van der Waals surface area contributed by atoms with E-state index in [0.717, 1.165) is 6.29 Å². The second kappa shape index (κ2) is 3.15. The zero-order valence-electron chi connectivity index (χ0n) is 2.01. The van der Waals surface area contributed by atoms with E-state index in [9.17, 15) is 0 Å². The van der Waals surface area contributed by atoms with Gasteiger partial charge in [-0.3, -0.25) is 0 Å². The fraction of sp³-hybridized carbons (Fsp3) is 0. The van der Waals surface area contributed by atoms with Crippen molar-refractivity contribution in [3.63, 3.8) is 0 Å². The quantitative estimate of drug-likeness (QED) is 0.396. The molecule has 4 heavy (non-hydrogen) atoms. The molecule has 1 nitrogen and oxygen atoms in total. The Morgan fingerprint density at radius 2 is 2.25 bits per heavy atom. The molecule has 0 aliphatic carbocycles. The molecule has 0 spiro atoms. The van der Waals surface area contributed by atoms with Crippen molar-refractivity contribution in [1.82, 2.24) is 0 Å². The molecule has 0 N–H and O–H groups in total. The van der Waals surface area contributed by atoms with E-state index in [2.05, 4.69) is 24.5 Å². The standard InChI is InChI=1S/B2NS/c1-3-2-4. The summed E-state index contributed by atoms with van der Waals surface area (Å²) in [7, 11) is 4.49. The van der Waals surface area contributed by atoms with Gasteiger partial charge in [0.2, 0.25) is 0 Å². The second-order valence-electron chi connectivity index (χ2n) is 0.254. The van der Waals surface area contributed by atoms with E-state index in [4.69, 9.17) is 0 Å². The molecule has 0 saturated heterocycles. The summed E-state index contributed by atoms with van der Waals surface area (Å²) in [6, 6.07) is 0. The van der Waals surface area contributed by atoms with Gasteiger partial charge in [-0.2, -0.15) is 0 Å². The van der Waals surface area contributed by atoms with Gasteiger partial charge in [0.1, 0.15) is 0 Å². The summed E-state index contributed by atoms with van der Waals surface area (Å²) in [6.45, 7) is 0. The van der Waals surface area contributed by atoms with Crippen molar-refractivity contribution in [3.8, 4) is 0 Å². The second-order valence-corrected chi connectivity index (χ2v) is 0.465. The molecular formula is B2NS. The predicted octanol–water partition coefficient (Wildman–Crippen LogP) is 0.0702. The van der Waals surface area contributed by atoms with Gasteiger partial charge in [0.25, 0.3) is 0 Å². The molecule has 17 valence electrons. The van der Waals surface area contributed by atoms with Crippen molar-refractivity contribution in [2.45, 2.75) is 0 Å². The maximum atomic E-state index is 4.49. The molecule has 1 radical (unpaired) electrons. The van der Waals surface area contributed by atoms with E-state index in [1.165, 1.54) is 0 Å². The van der Waals surface area contributed by atoms with Crippen LogP contribution >= 0.6 is 12.1 Å². The summed E-state index contributed by atoms with van der Waals surface area (Å²) in [4.78, 5) is 2.93. The molecule has 0 fully saturated rings. The van der Waals surface area contributed by atoms with Crippen LogP contribution in [0.2, 0.25) is 0 Å². The molecule has 0 amide bonds. The van der Waals surface area contributed by atoms with Crippen molar-refractivity contribution < 1.29 is 0 Å². The SMILES string of the molecule is [B]=NB=S. The zero-order chi connectivity index (χ0) is 3.41. The number of rotatable bonds is 1. The molecule has 0 rings (SSSR count). The van der Waals surface area contributed by atoms with Gasteiger partial charge >= 0.3 is 30.8 Å². The van der Waals surface area contributed by atoms with Gasteiger partial charge in [-0.15, -0.1) is 0 Å². The van der Waals surface area contributed by atoms with Crippen LogP contribution in [0.3, 0.4) is 0 Å². The Morgan fingerprint density at radius 3 is 2.25 bits per heavy atom. The molecule has 0 saturated carbocycles. The van der Waals surface area contributed by atoms with E-state index in [1.54, 1.807) is 0 Å². The minimum atomic E-state index is 1.11. The Labute approximate surface area is 31.7 Å². The first-order valence-electron chi connectivity index (χ1n) is 0.752. The van der Waals surface area contributed by atoms with Crippen molar-refractivity contribution in [2.75, 3.05) is 0 Å². The molecule has 0 aromatic carbocycles. The van der Waals surface area contributed by atoms with Crippen LogP contribution in [0.4, 0.5) is 0 Å². The maximum absolute atomic E-state index is 4.49. The monoisotopic (exact) mass is 68.0 g/mol. The Bertz CT molecular complexity index is 27.0. The third-order valence-corrected chi connectivity index (χ3v) is 0.183. The number of nitrogens with zero attached hydrogens (tertiary/aromatic N) is 1. The Kier molecular flexibility index (Phi) is 3.27. The third kappa shape index (κ3) is 2.15. The van der Waals surface area contributed by atoms with Gasteiger partial charge in [0.15, 0.2) is 0 Å². The summed E-state index contributed by atoms with van der Waals surface area (Å²) in [6.07, 6.45) is 1.11. The first-order valence-corrected chi connectivity index (χ1v) is 1.22. The summed E-state index contributed by atoms with van der Waals surface area (Å²) < 4.78 is 0. The molecule has 0 aliphatic heterocycles. The van der Waals surface area contributed by atoms with Crippen LogP contribution in [0.5, 0.6) is 0 Å². The third-order valence-electron chi connectivity index (χ3n) is 0.0609. The Balaban J connectivity index is 2.73. The molecule has 4 heteroatoms. The van der Waals surface area contributed by atoms with Crippen LogP contribution < -0.4 is 0 Å². The van der Waals surface area contributed by atoms with Crippen LogP contribution in [0.25, 0.3) is 0 Å². The molecular weight excluding hydrogens is 67.7 g/mol. The number of hydrogen-bond donors (Lipinski definition) is 0. The van der Waals surface area contributed by atoms with Gasteiger partial charge in [-0.1, -0.05) is 0 Å².